The quantitative estimate of drug-likeness (QED) is 0.447. The van der Waals surface area contributed by atoms with Crippen LogP contribution in [-0.2, 0) is 0 Å². The number of hydrogen-bond acceptors (Lipinski definition) is 2. The molecular formula is C22H15NO2. The van der Waals surface area contributed by atoms with E-state index in [1.165, 1.54) is 0 Å². The van der Waals surface area contributed by atoms with Crippen LogP contribution in [0.2, 0.25) is 0 Å². The third-order valence-electron chi connectivity index (χ3n) is 4.23. The second kappa shape index (κ2) is 6.21. The molecular weight excluding hydrogens is 312 g/mol. The van der Waals surface area contributed by atoms with Gasteiger partial charge in [-0.15, -0.1) is 0 Å². The van der Waals surface area contributed by atoms with Gasteiger partial charge in [-0.3, -0.25) is 9.59 Å². The summed E-state index contributed by atoms with van der Waals surface area (Å²) >= 11 is 0. The van der Waals surface area contributed by atoms with E-state index in [0.717, 1.165) is 11.1 Å². The van der Waals surface area contributed by atoms with Crippen molar-refractivity contribution < 1.29 is 4.79 Å². The van der Waals surface area contributed by atoms with Crippen LogP contribution in [0.4, 0.5) is 0 Å². The zero-order valence-corrected chi connectivity index (χ0v) is 13.4. The van der Waals surface area contributed by atoms with E-state index in [4.69, 9.17) is 0 Å². The normalized spacial score (nSPS) is 10.7. The van der Waals surface area contributed by atoms with Gasteiger partial charge < -0.3 is 4.98 Å². The minimum absolute atomic E-state index is 0.177. The van der Waals surface area contributed by atoms with Crippen molar-refractivity contribution in [1.29, 1.82) is 0 Å². The van der Waals surface area contributed by atoms with Gasteiger partial charge in [-0.2, -0.15) is 0 Å². The van der Waals surface area contributed by atoms with Crippen LogP contribution in [-0.4, -0.2) is 10.8 Å². The number of carbonyl (C=O) groups excluding carboxylic acids is 1. The number of rotatable bonds is 3. The Balaban J connectivity index is 2.06. The molecule has 1 heterocycles. The molecule has 0 aliphatic carbocycles. The molecule has 4 aromatic rings. The summed E-state index contributed by atoms with van der Waals surface area (Å²) in [6.45, 7) is 0. The number of fused-ring (bicyclic) bond motifs is 1. The molecule has 0 bridgehead atoms. The molecule has 1 N–H and O–H groups in total. The third kappa shape index (κ3) is 2.66. The van der Waals surface area contributed by atoms with Gasteiger partial charge in [0.05, 0.1) is 11.3 Å². The molecule has 0 atom stereocenters. The van der Waals surface area contributed by atoms with Crippen LogP contribution in [0.1, 0.15) is 15.9 Å². The SMILES string of the molecule is O=[13C](c1ccccc1)c1c(-c2ccccc2)[nH]c2ccccc2[13c]1=O. The van der Waals surface area contributed by atoms with E-state index in [2.05, 4.69) is 4.98 Å². The molecule has 3 nitrogen and oxygen atoms in total. The monoisotopic (exact) mass is 327 g/mol. The predicted molar refractivity (Wildman–Crippen MR) is 99.9 cm³/mol. The molecule has 0 aliphatic heterocycles. The summed E-state index contributed by atoms with van der Waals surface area (Å²) < 4.78 is 0. The Morgan fingerprint density at radius 1 is 0.720 bits per heavy atom. The first-order chi connectivity index (χ1) is 12.3. The van der Waals surface area contributed by atoms with E-state index in [-0.39, 0.29) is 16.8 Å². The molecule has 25 heavy (non-hydrogen) atoms. The first-order valence-electron chi connectivity index (χ1n) is 8.06. The summed E-state index contributed by atoms with van der Waals surface area (Å²) in [5, 5.41) is 0.515. The van der Waals surface area contributed by atoms with Crippen LogP contribution >= 0.6 is 0 Å². The maximum absolute atomic E-state index is 13.1. The molecule has 0 amide bonds. The van der Waals surface area contributed by atoms with Crippen molar-refractivity contribution in [1.82, 2.24) is 4.98 Å². The highest BCUT2D eigenvalue weighted by Gasteiger charge is 2.21. The molecule has 0 unspecified atom stereocenters. The molecule has 0 saturated heterocycles. The van der Waals surface area contributed by atoms with Crippen LogP contribution in [0.15, 0.2) is 89.7 Å². The zero-order valence-electron chi connectivity index (χ0n) is 13.4. The third-order valence-corrected chi connectivity index (χ3v) is 4.23. The highest BCUT2D eigenvalue weighted by Crippen LogP contribution is 2.24. The predicted octanol–water partition coefficient (Wildman–Crippen LogP) is 4.43. The highest BCUT2D eigenvalue weighted by molar-refractivity contribution is 6.13. The summed E-state index contributed by atoms with van der Waals surface area (Å²) in [5.41, 5.74) is 2.51. The lowest BCUT2D eigenvalue weighted by molar-refractivity contribution is 0.103. The first-order valence-corrected chi connectivity index (χ1v) is 8.06. The number of hydrogen-bond donors (Lipinski definition) is 1. The number of aromatic nitrogens is 1. The average molecular weight is 327 g/mol. The molecule has 3 aromatic carbocycles. The summed E-state index contributed by atoms with van der Waals surface area (Å²) in [4.78, 5) is 29.5. The molecule has 0 radical (unpaired) electrons. The van der Waals surface area contributed by atoms with Gasteiger partial charge in [-0.1, -0.05) is 72.8 Å². The van der Waals surface area contributed by atoms with Crippen LogP contribution in [0, 0.1) is 0 Å². The molecule has 3 heteroatoms. The fourth-order valence-electron chi connectivity index (χ4n) is 3.01. The van der Waals surface area contributed by atoms with Gasteiger partial charge in [0.25, 0.3) is 0 Å². The Kier molecular flexibility index (Phi) is 3.75. The van der Waals surface area contributed by atoms with Crippen LogP contribution in [0.25, 0.3) is 22.2 Å². The van der Waals surface area contributed by atoms with E-state index >= 15 is 0 Å². The lowest BCUT2D eigenvalue weighted by Crippen LogP contribution is -2.19. The Bertz CT molecular complexity index is 1110. The van der Waals surface area contributed by atoms with E-state index in [9.17, 15) is 9.59 Å². The minimum atomic E-state index is -0.272. The number of nitrogens with one attached hydrogen (secondary N) is 1. The molecule has 0 aliphatic rings. The summed E-state index contributed by atoms with van der Waals surface area (Å²) in [5.74, 6) is -0.272. The van der Waals surface area contributed by atoms with Crippen LogP contribution in [0.5, 0.6) is 0 Å². The van der Waals surface area contributed by atoms with E-state index in [0.29, 0.717) is 16.6 Å². The molecule has 1 aromatic heterocycles. The van der Waals surface area contributed by atoms with Crippen molar-refractivity contribution in [2.24, 2.45) is 0 Å². The topological polar surface area (TPSA) is 49.9 Å². The second-order valence-corrected chi connectivity index (χ2v) is 5.81. The van der Waals surface area contributed by atoms with Crippen molar-refractivity contribution in [3.63, 3.8) is 0 Å². The number of para-hydroxylation sites is 1. The lowest BCUT2D eigenvalue weighted by atomic mass is 10.1. The van der Waals surface area contributed by atoms with Gasteiger partial charge >= 0.3 is 0 Å². The average Bonchev–Trinajstić information content (AvgIpc) is 2.69. The van der Waals surface area contributed by atoms with Crippen LogP contribution in [0.3, 0.4) is 0 Å². The maximum atomic E-state index is 13.1. The molecule has 0 saturated carbocycles. The Hall–Kier alpha value is -3.46. The van der Waals surface area contributed by atoms with Gasteiger partial charge in [-0.05, 0) is 17.7 Å². The number of H-pyrrole nitrogens is 1. The standard InChI is InChI=1S/C22H15NO2/c24-21(16-11-5-2-6-12-16)19-20(15-9-3-1-4-10-15)23-18-14-8-7-13-17(18)22(19)25/h1-14H,(H,23,25)/i21+1,22+1. The van der Waals surface area contributed by atoms with E-state index in [1.54, 1.807) is 36.4 Å². The van der Waals surface area contributed by atoms with E-state index in [1.807, 2.05) is 48.5 Å². The van der Waals surface area contributed by atoms with Crippen molar-refractivity contribution in [2.45, 2.75) is 0 Å². The smallest absolute Gasteiger partial charge is 0.201 e. The van der Waals surface area contributed by atoms with Crippen LogP contribution < -0.4 is 5.43 Å². The number of benzene rings is 3. The second-order valence-electron chi connectivity index (χ2n) is 5.81. The molecule has 0 fully saturated rings. The number of ketones is 1. The zero-order chi connectivity index (χ0) is 17.2. The van der Waals surface area contributed by atoms with E-state index < -0.39 is 0 Å². The Labute approximate surface area is 144 Å². The number of aromatic amines is 1. The summed E-state index contributed by atoms with van der Waals surface area (Å²) in [6, 6.07) is 25.6. The fourth-order valence-corrected chi connectivity index (χ4v) is 3.01. The van der Waals surface area contributed by atoms with Gasteiger partial charge in [0.1, 0.15) is 0 Å². The molecule has 4 rings (SSSR count). The Morgan fingerprint density at radius 3 is 2.04 bits per heavy atom. The van der Waals surface area contributed by atoms with Crippen molar-refractivity contribution in [3.05, 3.63) is 106 Å². The van der Waals surface area contributed by atoms with Gasteiger partial charge in [0, 0.05) is 16.5 Å². The first kappa shape index (κ1) is 15.1. The molecule has 120 valence electrons. The van der Waals surface area contributed by atoms with Crippen molar-refractivity contribution in [2.75, 3.05) is 0 Å². The Morgan fingerprint density at radius 2 is 1.32 bits per heavy atom. The van der Waals surface area contributed by atoms with Gasteiger partial charge in [-0.25, -0.2) is 0 Å². The lowest BCUT2D eigenvalue weighted by Gasteiger charge is -2.11. The van der Waals surface area contributed by atoms with Gasteiger partial charge in [0.15, 0.2) is 5.78 Å². The van der Waals surface area contributed by atoms with Crippen molar-refractivity contribution >= 4 is 16.7 Å². The number of carbonyl (C=O) groups is 1. The maximum Gasteiger partial charge on any atom is 0.201 e. The minimum Gasteiger partial charge on any atom is -0.354 e. The highest BCUT2D eigenvalue weighted by atomic mass is 16.2. The summed E-state index contributed by atoms with van der Waals surface area (Å²) in [7, 11) is 0. The van der Waals surface area contributed by atoms with Crippen molar-refractivity contribution in [3.8, 4) is 11.3 Å². The fraction of sp³-hybridized carbons (Fsp3) is 0. The molecule has 0 spiro atoms. The van der Waals surface area contributed by atoms with Gasteiger partial charge in [0.2, 0.25) is 5.43 Å². The number of pyridine rings is 1. The summed E-state index contributed by atoms with van der Waals surface area (Å²) in [6.07, 6.45) is 0. The largest absolute Gasteiger partial charge is 0.354 e.